The van der Waals surface area contributed by atoms with E-state index in [-0.39, 0.29) is 0 Å². The minimum Gasteiger partial charge on any atom is -0.358 e. The number of aliphatic imine (C=N–C) groups is 1. The van der Waals surface area contributed by atoms with Gasteiger partial charge in [-0.2, -0.15) is 0 Å². The summed E-state index contributed by atoms with van der Waals surface area (Å²) in [5.74, 6) is 0.684. The van der Waals surface area contributed by atoms with Crippen molar-refractivity contribution in [3.63, 3.8) is 0 Å². The molecular formula is C19H15ClN2O2. The minimum atomic E-state index is 0.365. The van der Waals surface area contributed by atoms with Gasteiger partial charge in [0.15, 0.2) is 5.76 Å². The molecule has 120 valence electrons. The Morgan fingerprint density at radius 3 is 2.67 bits per heavy atom. The van der Waals surface area contributed by atoms with Crippen molar-refractivity contribution in [2.24, 2.45) is 4.99 Å². The van der Waals surface area contributed by atoms with Gasteiger partial charge in [0.2, 0.25) is 0 Å². The second-order valence-corrected chi connectivity index (χ2v) is 5.70. The predicted octanol–water partition coefficient (Wildman–Crippen LogP) is 4.33. The van der Waals surface area contributed by atoms with Crippen LogP contribution in [0.25, 0.3) is 5.57 Å². The number of nitrogens with zero attached hydrogens (tertiary/aromatic N) is 2. The van der Waals surface area contributed by atoms with Gasteiger partial charge in [-0.1, -0.05) is 41.5 Å². The van der Waals surface area contributed by atoms with Crippen LogP contribution in [-0.4, -0.2) is 17.2 Å². The third-order valence-corrected chi connectivity index (χ3v) is 4.04. The van der Waals surface area contributed by atoms with Crippen LogP contribution in [-0.2, 0) is 11.3 Å². The first kappa shape index (κ1) is 16.1. The lowest BCUT2D eigenvalue weighted by Gasteiger charge is -2.10. The largest absolute Gasteiger partial charge is 0.358 e. The highest BCUT2D eigenvalue weighted by Crippen LogP contribution is 2.33. The lowest BCUT2D eigenvalue weighted by Crippen LogP contribution is -2.05. The zero-order valence-corrected chi connectivity index (χ0v) is 13.9. The maximum atomic E-state index is 10.9. The highest BCUT2D eigenvalue weighted by Gasteiger charge is 2.23. The summed E-state index contributed by atoms with van der Waals surface area (Å²) in [5, 5.41) is 4.68. The molecule has 4 nitrogen and oxygen atoms in total. The van der Waals surface area contributed by atoms with Crippen LogP contribution in [0.2, 0.25) is 5.02 Å². The Kier molecular flexibility index (Phi) is 4.58. The summed E-state index contributed by atoms with van der Waals surface area (Å²) in [6.07, 6.45) is 5.65. The van der Waals surface area contributed by atoms with E-state index >= 15 is 0 Å². The molecule has 1 aliphatic rings. The summed E-state index contributed by atoms with van der Waals surface area (Å²) in [5.41, 5.74) is 4.94. The molecular weight excluding hydrogens is 324 g/mol. The number of allylic oxidation sites excluding steroid dienone is 5. The molecule has 0 spiro atoms. The van der Waals surface area contributed by atoms with E-state index in [2.05, 4.69) is 16.7 Å². The van der Waals surface area contributed by atoms with Gasteiger partial charge < -0.3 is 4.52 Å². The third-order valence-electron chi connectivity index (χ3n) is 3.79. The Balaban J connectivity index is 2.27. The van der Waals surface area contributed by atoms with Gasteiger partial charge >= 0.3 is 0 Å². The Bertz CT molecular complexity index is 887. The molecule has 5 heteroatoms. The van der Waals surface area contributed by atoms with E-state index in [9.17, 15) is 4.79 Å². The van der Waals surface area contributed by atoms with Crippen molar-refractivity contribution in [1.29, 1.82) is 0 Å². The summed E-state index contributed by atoms with van der Waals surface area (Å²) in [7, 11) is 0. The van der Waals surface area contributed by atoms with Crippen LogP contribution in [0.3, 0.4) is 0 Å². The number of carbonyl (C=O) groups excluding carboxylic acids is 1. The molecule has 1 aliphatic heterocycles. The van der Waals surface area contributed by atoms with E-state index in [0.29, 0.717) is 17.3 Å². The van der Waals surface area contributed by atoms with Gasteiger partial charge in [-0.25, -0.2) is 0 Å². The summed E-state index contributed by atoms with van der Waals surface area (Å²) in [4.78, 5) is 15.5. The Labute approximate surface area is 144 Å². The molecule has 1 aromatic carbocycles. The summed E-state index contributed by atoms with van der Waals surface area (Å²) >= 11 is 5.98. The number of hydrogen-bond donors (Lipinski definition) is 0. The molecule has 0 unspecified atom stereocenters. The second-order valence-electron chi connectivity index (χ2n) is 5.26. The van der Waals surface area contributed by atoms with Crippen molar-refractivity contribution in [3.8, 4) is 0 Å². The smallest absolute Gasteiger partial charge is 0.166 e. The number of aldehydes is 1. The van der Waals surface area contributed by atoms with E-state index in [1.807, 2.05) is 31.2 Å². The monoisotopic (exact) mass is 338 g/mol. The van der Waals surface area contributed by atoms with Crippen molar-refractivity contribution in [2.45, 2.75) is 13.5 Å². The summed E-state index contributed by atoms with van der Waals surface area (Å²) in [6, 6.07) is 7.41. The van der Waals surface area contributed by atoms with Crippen molar-refractivity contribution in [1.82, 2.24) is 5.16 Å². The molecule has 0 N–H and O–H groups in total. The van der Waals surface area contributed by atoms with Gasteiger partial charge in [0.05, 0.1) is 17.0 Å². The van der Waals surface area contributed by atoms with Crippen molar-refractivity contribution >= 4 is 29.2 Å². The Hall–Kier alpha value is -2.72. The molecule has 0 amide bonds. The average Bonchev–Trinajstić information content (AvgIpc) is 2.87. The van der Waals surface area contributed by atoms with E-state index in [4.69, 9.17) is 16.1 Å². The van der Waals surface area contributed by atoms with Gasteiger partial charge in [-0.3, -0.25) is 9.79 Å². The normalized spacial score (nSPS) is 14.3. The molecule has 24 heavy (non-hydrogen) atoms. The number of aromatic nitrogens is 1. The van der Waals surface area contributed by atoms with E-state index in [1.165, 1.54) is 6.08 Å². The van der Waals surface area contributed by atoms with Crippen LogP contribution in [0.4, 0.5) is 0 Å². The number of aryl methyl sites for hydroxylation is 1. The number of rotatable bonds is 4. The van der Waals surface area contributed by atoms with Gasteiger partial charge in [0.1, 0.15) is 12.8 Å². The van der Waals surface area contributed by atoms with Gasteiger partial charge in [-0.05, 0) is 36.8 Å². The maximum absolute atomic E-state index is 10.9. The topological polar surface area (TPSA) is 55.5 Å². The molecule has 0 atom stereocenters. The Morgan fingerprint density at radius 2 is 2.00 bits per heavy atom. The van der Waals surface area contributed by atoms with E-state index in [1.54, 1.807) is 12.2 Å². The fraction of sp³-hybridized carbons (Fsp3) is 0.105. The molecule has 2 heterocycles. The highest BCUT2D eigenvalue weighted by atomic mass is 35.5. The van der Waals surface area contributed by atoms with Crippen molar-refractivity contribution < 1.29 is 9.32 Å². The number of hydrogen-bond acceptors (Lipinski definition) is 4. The van der Waals surface area contributed by atoms with Crippen LogP contribution < -0.4 is 0 Å². The first-order chi connectivity index (χ1) is 11.7. The molecule has 0 fully saturated rings. The predicted molar refractivity (Wildman–Crippen MR) is 95.3 cm³/mol. The molecule has 3 rings (SSSR count). The minimum absolute atomic E-state index is 0.365. The number of carbonyl (C=O) groups is 1. The first-order valence-electron chi connectivity index (χ1n) is 7.40. The maximum Gasteiger partial charge on any atom is 0.166 e. The SMILES string of the molecule is C=CC1=C(C=CC=O)C(c2ccc(Cl)cc2)=NCc2onc(C)c21. The standard InChI is InChI=1S/C19H15ClN2O2/c1-3-15-16(5-4-10-23)19(13-6-8-14(20)9-7-13)21-11-17-18(15)12(2)22-24-17/h3-10H,1,11H2,2H3. The third kappa shape index (κ3) is 2.88. The zero-order valence-electron chi connectivity index (χ0n) is 13.1. The lowest BCUT2D eigenvalue weighted by atomic mass is 9.93. The summed E-state index contributed by atoms with van der Waals surface area (Å²) < 4.78 is 5.40. The van der Waals surface area contributed by atoms with Crippen LogP contribution in [0, 0.1) is 6.92 Å². The number of fused-ring (bicyclic) bond motifs is 1. The lowest BCUT2D eigenvalue weighted by molar-refractivity contribution is -0.104. The zero-order chi connectivity index (χ0) is 17.1. The van der Waals surface area contributed by atoms with Crippen molar-refractivity contribution in [3.05, 3.63) is 82.2 Å². The molecule has 2 aromatic rings. The van der Waals surface area contributed by atoms with Gasteiger partial charge in [-0.15, -0.1) is 0 Å². The van der Waals surface area contributed by atoms with Crippen LogP contribution >= 0.6 is 11.6 Å². The molecule has 1 aromatic heterocycles. The molecule has 0 aliphatic carbocycles. The summed E-state index contributed by atoms with van der Waals surface area (Å²) in [6.45, 7) is 6.16. The molecule has 0 bridgehead atoms. The fourth-order valence-corrected chi connectivity index (χ4v) is 2.86. The highest BCUT2D eigenvalue weighted by molar-refractivity contribution is 6.30. The Morgan fingerprint density at radius 1 is 1.25 bits per heavy atom. The molecule has 0 radical (unpaired) electrons. The quantitative estimate of drug-likeness (QED) is 0.615. The first-order valence-corrected chi connectivity index (χ1v) is 7.78. The van der Waals surface area contributed by atoms with E-state index in [0.717, 1.165) is 40.0 Å². The number of halogens is 1. The van der Waals surface area contributed by atoms with Crippen molar-refractivity contribution in [2.75, 3.05) is 0 Å². The second kappa shape index (κ2) is 6.81. The molecule has 0 saturated carbocycles. The molecule has 0 saturated heterocycles. The fourth-order valence-electron chi connectivity index (χ4n) is 2.74. The van der Waals surface area contributed by atoms with Crippen LogP contribution in [0.1, 0.15) is 22.6 Å². The van der Waals surface area contributed by atoms with Crippen LogP contribution in [0.5, 0.6) is 0 Å². The average molecular weight is 339 g/mol. The van der Waals surface area contributed by atoms with E-state index < -0.39 is 0 Å². The number of benzene rings is 1. The van der Waals surface area contributed by atoms with Crippen LogP contribution in [0.15, 0.2) is 64.2 Å². The van der Waals surface area contributed by atoms with Gasteiger partial charge in [0.25, 0.3) is 0 Å². The van der Waals surface area contributed by atoms with Gasteiger partial charge in [0, 0.05) is 16.2 Å².